The SMILES string of the molecule is CC(C)(C)c1cc(NC(=O)CN2CC=C(c3ccccc3)CC2)on1. The Hall–Kier alpha value is -2.40. The number of benzene rings is 1. The Morgan fingerprint density at radius 3 is 2.64 bits per heavy atom. The van der Waals surface area contributed by atoms with Gasteiger partial charge < -0.3 is 4.52 Å². The summed E-state index contributed by atoms with van der Waals surface area (Å²) in [5, 5.41) is 6.81. The number of aromatic nitrogens is 1. The largest absolute Gasteiger partial charge is 0.338 e. The summed E-state index contributed by atoms with van der Waals surface area (Å²) >= 11 is 0. The highest BCUT2D eigenvalue weighted by molar-refractivity contribution is 5.91. The Morgan fingerprint density at radius 2 is 2.04 bits per heavy atom. The topological polar surface area (TPSA) is 58.4 Å². The molecule has 1 aliphatic rings. The quantitative estimate of drug-likeness (QED) is 0.923. The second-order valence-electron chi connectivity index (χ2n) is 7.46. The van der Waals surface area contributed by atoms with Gasteiger partial charge in [0.25, 0.3) is 0 Å². The van der Waals surface area contributed by atoms with E-state index in [0.717, 1.165) is 25.2 Å². The number of hydrogen-bond donors (Lipinski definition) is 1. The van der Waals surface area contributed by atoms with Gasteiger partial charge in [0.15, 0.2) is 0 Å². The first-order valence-corrected chi connectivity index (χ1v) is 8.66. The smallest absolute Gasteiger partial charge is 0.240 e. The van der Waals surface area contributed by atoms with Gasteiger partial charge in [-0.1, -0.05) is 62.3 Å². The average Bonchev–Trinajstić information content (AvgIpc) is 3.05. The highest BCUT2D eigenvalue weighted by Crippen LogP contribution is 2.24. The summed E-state index contributed by atoms with van der Waals surface area (Å²) < 4.78 is 5.21. The lowest BCUT2D eigenvalue weighted by molar-refractivity contribution is -0.117. The molecule has 1 N–H and O–H groups in total. The van der Waals surface area contributed by atoms with Crippen molar-refractivity contribution >= 4 is 17.4 Å². The van der Waals surface area contributed by atoms with Crippen LogP contribution in [0.1, 0.15) is 38.4 Å². The van der Waals surface area contributed by atoms with Crippen LogP contribution in [0.2, 0.25) is 0 Å². The van der Waals surface area contributed by atoms with Gasteiger partial charge in [-0.2, -0.15) is 0 Å². The summed E-state index contributed by atoms with van der Waals surface area (Å²) in [6.45, 7) is 8.17. The molecule has 5 heteroatoms. The number of carbonyl (C=O) groups excluding carboxylic acids is 1. The van der Waals surface area contributed by atoms with Gasteiger partial charge in [-0.3, -0.25) is 15.0 Å². The van der Waals surface area contributed by atoms with Gasteiger partial charge in [-0.05, 0) is 17.6 Å². The standard InChI is InChI=1S/C20H25N3O2/c1-20(2,3)17-13-19(25-22-17)21-18(24)14-23-11-9-16(10-12-23)15-7-5-4-6-8-15/h4-9,13H,10-12,14H2,1-3H3,(H,21,24). The Morgan fingerprint density at radius 1 is 1.28 bits per heavy atom. The van der Waals surface area contributed by atoms with Crippen LogP contribution in [-0.4, -0.2) is 35.6 Å². The lowest BCUT2D eigenvalue weighted by atomic mass is 9.92. The van der Waals surface area contributed by atoms with Crippen molar-refractivity contribution in [2.75, 3.05) is 25.0 Å². The lowest BCUT2D eigenvalue weighted by Crippen LogP contribution is -2.36. The molecule has 1 aromatic carbocycles. The molecule has 0 saturated heterocycles. The molecule has 0 fully saturated rings. The van der Waals surface area contributed by atoms with E-state index in [0.29, 0.717) is 12.4 Å². The van der Waals surface area contributed by atoms with E-state index in [4.69, 9.17) is 4.52 Å². The van der Waals surface area contributed by atoms with E-state index in [2.05, 4.69) is 66.5 Å². The van der Waals surface area contributed by atoms with Gasteiger partial charge >= 0.3 is 0 Å². The fourth-order valence-electron chi connectivity index (χ4n) is 2.84. The first-order chi connectivity index (χ1) is 11.9. The summed E-state index contributed by atoms with van der Waals surface area (Å²) in [6, 6.07) is 12.2. The second kappa shape index (κ2) is 7.23. The van der Waals surface area contributed by atoms with Crippen molar-refractivity contribution in [3.8, 4) is 0 Å². The van der Waals surface area contributed by atoms with Crippen molar-refractivity contribution in [2.24, 2.45) is 0 Å². The average molecular weight is 339 g/mol. The molecule has 0 spiro atoms. The van der Waals surface area contributed by atoms with Crippen LogP contribution >= 0.6 is 0 Å². The van der Waals surface area contributed by atoms with Gasteiger partial charge in [0.1, 0.15) is 0 Å². The Labute approximate surface area is 148 Å². The molecule has 1 aliphatic heterocycles. The maximum Gasteiger partial charge on any atom is 0.240 e. The summed E-state index contributed by atoms with van der Waals surface area (Å²) in [4.78, 5) is 14.4. The highest BCUT2D eigenvalue weighted by atomic mass is 16.5. The Balaban J connectivity index is 1.53. The first-order valence-electron chi connectivity index (χ1n) is 8.66. The molecule has 0 saturated carbocycles. The van der Waals surface area contributed by atoms with Gasteiger partial charge in [-0.25, -0.2) is 0 Å². The number of carbonyl (C=O) groups is 1. The molecule has 0 aliphatic carbocycles. The van der Waals surface area contributed by atoms with E-state index in [1.54, 1.807) is 6.07 Å². The van der Waals surface area contributed by atoms with Crippen molar-refractivity contribution in [1.29, 1.82) is 0 Å². The predicted octanol–water partition coefficient (Wildman–Crippen LogP) is 3.70. The number of hydrogen-bond acceptors (Lipinski definition) is 4. The zero-order valence-electron chi connectivity index (χ0n) is 15.1. The minimum atomic E-state index is -0.0992. The van der Waals surface area contributed by atoms with E-state index in [1.165, 1.54) is 11.1 Å². The highest BCUT2D eigenvalue weighted by Gasteiger charge is 2.21. The number of rotatable bonds is 4. The number of amides is 1. The molecule has 0 unspecified atom stereocenters. The normalized spacial score (nSPS) is 15.7. The first kappa shape index (κ1) is 17.4. The van der Waals surface area contributed by atoms with E-state index < -0.39 is 0 Å². The zero-order chi connectivity index (χ0) is 17.9. The molecule has 2 heterocycles. The second-order valence-corrected chi connectivity index (χ2v) is 7.46. The van der Waals surface area contributed by atoms with Crippen LogP contribution in [0.25, 0.3) is 5.57 Å². The van der Waals surface area contributed by atoms with Crippen LogP contribution in [0.3, 0.4) is 0 Å². The number of nitrogens with one attached hydrogen (secondary N) is 1. The van der Waals surface area contributed by atoms with Gasteiger partial charge in [0.2, 0.25) is 11.8 Å². The third-order valence-electron chi connectivity index (χ3n) is 4.35. The maximum atomic E-state index is 12.2. The van der Waals surface area contributed by atoms with Crippen LogP contribution in [0.4, 0.5) is 5.88 Å². The molecule has 1 aromatic heterocycles. The molecular weight excluding hydrogens is 314 g/mol. The predicted molar refractivity (Wildman–Crippen MR) is 99.3 cm³/mol. The lowest BCUT2D eigenvalue weighted by Gasteiger charge is -2.25. The molecule has 0 atom stereocenters. The van der Waals surface area contributed by atoms with Crippen molar-refractivity contribution < 1.29 is 9.32 Å². The molecule has 5 nitrogen and oxygen atoms in total. The fraction of sp³-hybridized carbons (Fsp3) is 0.400. The molecule has 0 bridgehead atoms. The minimum Gasteiger partial charge on any atom is -0.338 e. The molecule has 132 valence electrons. The van der Waals surface area contributed by atoms with Crippen molar-refractivity contribution in [3.63, 3.8) is 0 Å². The van der Waals surface area contributed by atoms with Crippen molar-refractivity contribution in [1.82, 2.24) is 10.1 Å². The van der Waals surface area contributed by atoms with E-state index >= 15 is 0 Å². The summed E-state index contributed by atoms with van der Waals surface area (Å²) in [7, 11) is 0. The number of anilines is 1. The Bertz CT molecular complexity index is 757. The van der Waals surface area contributed by atoms with Crippen molar-refractivity contribution in [3.05, 3.63) is 53.7 Å². The molecule has 1 amide bonds. The summed E-state index contributed by atoms with van der Waals surface area (Å²) in [6.07, 6.45) is 3.16. The molecule has 3 rings (SSSR count). The van der Waals surface area contributed by atoms with E-state index in [1.807, 2.05) is 6.07 Å². The van der Waals surface area contributed by atoms with Crippen LogP contribution in [-0.2, 0) is 10.2 Å². The Kier molecular flexibility index (Phi) is 5.04. The monoisotopic (exact) mass is 339 g/mol. The van der Waals surface area contributed by atoms with Crippen LogP contribution in [0, 0.1) is 0 Å². The van der Waals surface area contributed by atoms with Gasteiger partial charge in [0, 0.05) is 24.6 Å². The van der Waals surface area contributed by atoms with Gasteiger partial charge in [-0.15, -0.1) is 0 Å². The van der Waals surface area contributed by atoms with E-state index in [9.17, 15) is 4.79 Å². The minimum absolute atomic E-state index is 0.0758. The van der Waals surface area contributed by atoms with Gasteiger partial charge in [0.05, 0.1) is 12.2 Å². The van der Waals surface area contributed by atoms with Crippen LogP contribution < -0.4 is 5.32 Å². The van der Waals surface area contributed by atoms with Crippen molar-refractivity contribution in [2.45, 2.75) is 32.6 Å². The summed E-state index contributed by atoms with van der Waals surface area (Å²) in [5.74, 6) is 0.334. The number of nitrogens with zero attached hydrogens (tertiary/aromatic N) is 2. The fourth-order valence-corrected chi connectivity index (χ4v) is 2.84. The zero-order valence-corrected chi connectivity index (χ0v) is 15.1. The molecular formula is C20H25N3O2. The summed E-state index contributed by atoms with van der Waals surface area (Å²) in [5.41, 5.74) is 3.35. The van der Waals surface area contributed by atoms with Crippen LogP contribution in [0.15, 0.2) is 47.0 Å². The third kappa shape index (κ3) is 4.57. The molecule has 25 heavy (non-hydrogen) atoms. The van der Waals surface area contributed by atoms with E-state index in [-0.39, 0.29) is 11.3 Å². The maximum absolute atomic E-state index is 12.2. The molecule has 2 aromatic rings. The molecule has 0 radical (unpaired) electrons. The third-order valence-corrected chi connectivity index (χ3v) is 4.35. The van der Waals surface area contributed by atoms with Crippen LogP contribution in [0.5, 0.6) is 0 Å².